The molecule has 0 saturated carbocycles. The number of carbonyl (C=O) groups excluding carboxylic acids is 1. The van der Waals surface area contributed by atoms with E-state index in [0.29, 0.717) is 0 Å². The molecule has 0 aliphatic carbocycles. The maximum Gasteiger partial charge on any atom is 0.229 e. The van der Waals surface area contributed by atoms with Crippen molar-refractivity contribution in [2.45, 2.75) is 30.7 Å². The van der Waals surface area contributed by atoms with E-state index in [0.717, 1.165) is 12.1 Å². The SMILES string of the molecule is O=C(c1ccc(O[C@@H]2O[C@H](CO)[C@@H](O)[C@H](O)[C@H]2O)cc1)c1c(O)cc(O)cc1O. The lowest BCUT2D eigenvalue weighted by Crippen LogP contribution is -2.60. The Morgan fingerprint density at radius 1 is 0.931 bits per heavy atom. The predicted molar refractivity (Wildman–Crippen MR) is 95.7 cm³/mol. The second-order valence-electron chi connectivity index (χ2n) is 6.53. The van der Waals surface area contributed by atoms with Gasteiger partial charge in [0, 0.05) is 17.7 Å². The summed E-state index contributed by atoms with van der Waals surface area (Å²) in [6, 6.07) is 7.19. The fraction of sp³-hybridized carbons (Fsp3) is 0.316. The van der Waals surface area contributed by atoms with Crippen molar-refractivity contribution in [3.8, 4) is 23.0 Å². The van der Waals surface area contributed by atoms with E-state index in [1.807, 2.05) is 0 Å². The van der Waals surface area contributed by atoms with Crippen LogP contribution >= 0.6 is 0 Å². The lowest BCUT2D eigenvalue weighted by molar-refractivity contribution is -0.277. The minimum Gasteiger partial charge on any atom is -0.508 e. The number of ketones is 1. The Bertz CT molecular complexity index is 856. The lowest BCUT2D eigenvalue weighted by Gasteiger charge is -2.39. The number of carbonyl (C=O) groups is 1. The standard InChI is InChI=1S/C19H20O10/c20-7-13-16(25)17(26)18(27)19(29-13)28-10-3-1-8(2-4-10)15(24)14-11(22)5-9(21)6-12(14)23/h1-6,13,16-23,25-27H,7H2/t13-,16-,17+,18-,19-/m1/s1. The van der Waals surface area contributed by atoms with Crippen molar-refractivity contribution in [1.29, 1.82) is 0 Å². The van der Waals surface area contributed by atoms with Crippen molar-refractivity contribution < 1.29 is 50.0 Å². The van der Waals surface area contributed by atoms with Crippen LogP contribution in [0.15, 0.2) is 36.4 Å². The van der Waals surface area contributed by atoms with Gasteiger partial charge in [-0.15, -0.1) is 0 Å². The number of aliphatic hydroxyl groups is 4. The van der Waals surface area contributed by atoms with Crippen LogP contribution in [0.1, 0.15) is 15.9 Å². The van der Waals surface area contributed by atoms with E-state index in [4.69, 9.17) is 9.47 Å². The Balaban J connectivity index is 1.76. The third-order valence-electron chi connectivity index (χ3n) is 4.53. The first-order valence-corrected chi connectivity index (χ1v) is 8.59. The number of aromatic hydroxyl groups is 3. The molecule has 0 aromatic heterocycles. The molecule has 1 saturated heterocycles. The molecule has 0 unspecified atom stereocenters. The molecule has 10 nitrogen and oxygen atoms in total. The highest BCUT2D eigenvalue weighted by Gasteiger charge is 2.44. The summed E-state index contributed by atoms with van der Waals surface area (Å²) < 4.78 is 10.7. The van der Waals surface area contributed by atoms with Crippen molar-refractivity contribution in [3.63, 3.8) is 0 Å². The Hall–Kier alpha value is -2.89. The molecule has 2 aromatic carbocycles. The van der Waals surface area contributed by atoms with Crippen LogP contribution < -0.4 is 4.74 Å². The topological polar surface area (TPSA) is 177 Å². The third kappa shape index (κ3) is 4.11. The number of rotatable bonds is 5. The maximum atomic E-state index is 12.5. The molecule has 0 spiro atoms. The van der Waals surface area contributed by atoms with Crippen molar-refractivity contribution in [3.05, 3.63) is 47.5 Å². The average molecular weight is 408 g/mol. The molecule has 3 rings (SSSR count). The summed E-state index contributed by atoms with van der Waals surface area (Å²) in [6.07, 6.45) is -7.19. The highest BCUT2D eigenvalue weighted by Crippen LogP contribution is 2.34. The highest BCUT2D eigenvalue weighted by atomic mass is 16.7. The van der Waals surface area contributed by atoms with Gasteiger partial charge in [-0.05, 0) is 24.3 Å². The van der Waals surface area contributed by atoms with Gasteiger partial charge in [0.2, 0.25) is 12.1 Å². The zero-order valence-corrected chi connectivity index (χ0v) is 14.9. The Kier molecular flexibility index (Phi) is 5.91. The normalized spacial score (nSPS) is 26.8. The van der Waals surface area contributed by atoms with Crippen LogP contribution in [-0.2, 0) is 4.74 Å². The number of ether oxygens (including phenoxy) is 2. The van der Waals surface area contributed by atoms with Crippen LogP contribution in [0.3, 0.4) is 0 Å². The second kappa shape index (κ2) is 8.23. The number of hydrogen-bond acceptors (Lipinski definition) is 10. The van der Waals surface area contributed by atoms with E-state index in [9.17, 15) is 40.5 Å². The smallest absolute Gasteiger partial charge is 0.229 e. The van der Waals surface area contributed by atoms with Crippen molar-refractivity contribution in [2.75, 3.05) is 6.61 Å². The molecule has 1 fully saturated rings. The molecule has 10 heteroatoms. The van der Waals surface area contributed by atoms with Gasteiger partial charge in [-0.3, -0.25) is 4.79 Å². The van der Waals surface area contributed by atoms with E-state index >= 15 is 0 Å². The van der Waals surface area contributed by atoms with Gasteiger partial charge in [-0.1, -0.05) is 0 Å². The molecule has 1 aliphatic heterocycles. The number of phenolic OH excluding ortho intramolecular Hbond substituents is 3. The molecule has 0 bridgehead atoms. The molecule has 0 radical (unpaired) electrons. The van der Waals surface area contributed by atoms with E-state index < -0.39 is 60.3 Å². The van der Waals surface area contributed by atoms with Crippen molar-refractivity contribution in [2.24, 2.45) is 0 Å². The summed E-state index contributed by atoms with van der Waals surface area (Å²) in [6.45, 7) is -0.599. The maximum absolute atomic E-state index is 12.5. The van der Waals surface area contributed by atoms with Crippen LogP contribution in [0.4, 0.5) is 0 Å². The molecule has 29 heavy (non-hydrogen) atoms. The van der Waals surface area contributed by atoms with Crippen LogP contribution in [-0.4, -0.2) is 78.8 Å². The van der Waals surface area contributed by atoms with Crippen LogP contribution in [0.2, 0.25) is 0 Å². The van der Waals surface area contributed by atoms with Crippen LogP contribution in [0.5, 0.6) is 23.0 Å². The monoisotopic (exact) mass is 408 g/mol. The minimum absolute atomic E-state index is 0.0856. The van der Waals surface area contributed by atoms with Gasteiger partial charge >= 0.3 is 0 Å². The molecular formula is C19H20O10. The molecule has 2 aromatic rings. The van der Waals surface area contributed by atoms with Gasteiger partial charge in [0.15, 0.2) is 0 Å². The summed E-state index contributed by atoms with van der Waals surface area (Å²) >= 11 is 0. The number of phenols is 3. The van der Waals surface area contributed by atoms with E-state index in [1.54, 1.807) is 0 Å². The summed E-state index contributed by atoms with van der Waals surface area (Å²) in [7, 11) is 0. The van der Waals surface area contributed by atoms with Crippen LogP contribution in [0, 0.1) is 0 Å². The lowest BCUT2D eigenvalue weighted by atomic mass is 9.99. The summed E-state index contributed by atoms with van der Waals surface area (Å²) in [5, 5.41) is 67.7. The molecule has 1 heterocycles. The first kappa shape index (κ1) is 20.8. The van der Waals surface area contributed by atoms with Gasteiger partial charge in [0.05, 0.1) is 6.61 Å². The zero-order chi connectivity index (χ0) is 21.3. The highest BCUT2D eigenvalue weighted by molar-refractivity contribution is 6.12. The van der Waals surface area contributed by atoms with Gasteiger partial charge < -0.3 is 45.2 Å². The van der Waals surface area contributed by atoms with E-state index in [-0.39, 0.29) is 16.9 Å². The Morgan fingerprint density at radius 2 is 1.52 bits per heavy atom. The van der Waals surface area contributed by atoms with E-state index in [2.05, 4.69) is 0 Å². The number of hydrogen-bond donors (Lipinski definition) is 7. The summed E-state index contributed by atoms with van der Waals surface area (Å²) in [5.74, 6) is -2.15. The third-order valence-corrected chi connectivity index (χ3v) is 4.53. The summed E-state index contributed by atoms with van der Waals surface area (Å²) in [4.78, 5) is 12.5. The largest absolute Gasteiger partial charge is 0.508 e. The van der Waals surface area contributed by atoms with E-state index in [1.165, 1.54) is 24.3 Å². The second-order valence-corrected chi connectivity index (χ2v) is 6.53. The molecule has 1 aliphatic rings. The summed E-state index contributed by atoms with van der Waals surface area (Å²) in [5.41, 5.74) is -0.298. The van der Waals surface area contributed by atoms with Gasteiger partial charge in [-0.2, -0.15) is 0 Å². The molecular weight excluding hydrogens is 388 g/mol. The average Bonchev–Trinajstić information content (AvgIpc) is 2.68. The van der Waals surface area contributed by atoms with Crippen molar-refractivity contribution in [1.82, 2.24) is 0 Å². The van der Waals surface area contributed by atoms with Crippen LogP contribution in [0.25, 0.3) is 0 Å². The van der Waals surface area contributed by atoms with Crippen molar-refractivity contribution >= 4 is 5.78 Å². The van der Waals surface area contributed by atoms with Gasteiger partial charge in [0.1, 0.15) is 53.0 Å². The minimum atomic E-state index is -1.59. The molecule has 156 valence electrons. The fourth-order valence-electron chi connectivity index (χ4n) is 2.96. The predicted octanol–water partition coefficient (Wildman–Crippen LogP) is -0.787. The Morgan fingerprint density at radius 3 is 2.07 bits per heavy atom. The fourth-order valence-corrected chi connectivity index (χ4v) is 2.96. The Labute approximate surface area is 164 Å². The van der Waals surface area contributed by atoms with Gasteiger partial charge in [-0.25, -0.2) is 0 Å². The first-order valence-electron chi connectivity index (χ1n) is 8.59. The number of aliphatic hydroxyl groups excluding tert-OH is 4. The first-order chi connectivity index (χ1) is 13.7. The molecule has 5 atom stereocenters. The quantitative estimate of drug-likeness (QED) is 0.310. The molecule has 7 N–H and O–H groups in total. The molecule has 0 amide bonds. The van der Waals surface area contributed by atoms with Gasteiger partial charge in [0.25, 0.3) is 0 Å². The number of benzene rings is 2. The zero-order valence-electron chi connectivity index (χ0n) is 14.9.